The zero-order valence-electron chi connectivity index (χ0n) is 15.4. The number of rotatable bonds is 7. The van der Waals surface area contributed by atoms with Crippen LogP contribution in [0.2, 0.25) is 0 Å². The van der Waals surface area contributed by atoms with Crippen LogP contribution in [0.4, 0.5) is 18.0 Å². The summed E-state index contributed by atoms with van der Waals surface area (Å²) in [6.45, 7) is 9.26. The first-order chi connectivity index (χ1) is 11.9. The van der Waals surface area contributed by atoms with Crippen molar-refractivity contribution in [2.75, 3.05) is 20.3 Å². The highest BCUT2D eigenvalue weighted by molar-refractivity contribution is 5.68. The first-order valence-electron chi connectivity index (χ1n) is 7.92. The lowest BCUT2D eigenvalue weighted by Crippen LogP contribution is -2.38. The number of halogens is 3. The number of methoxy groups -OCH3 is 1. The van der Waals surface area contributed by atoms with Crippen LogP contribution >= 0.6 is 0 Å². The van der Waals surface area contributed by atoms with Gasteiger partial charge in [-0.1, -0.05) is 12.7 Å². The lowest BCUT2D eigenvalue weighted by Gasteiger charge is -2.27. The maximum absolute atomic E-state index is 12.5. The topological polar surface area (TPSA) is 48.0 Å². The average Bonchev–Trinajstić information content (AvgIpc) is 2.47. The van der Waals surface area contributed by atoms with Crippen molar-refractivity contribution in [2.45, 2.75) is 39.3 Å². The van der Waals surface area contributed by atoms with E-state index >= 15 is 0 Å². The van der Waals surface area contributed by atoms with Gasteiger partial charge in [0.25, 0.3) is 0 Å². The van der Waals surface area contributed by atoms with Gasteiger partial charge in [0.2, 0.25) is 0 Å². The summed E-state index contributed by atoms with van der Waals surface area (Å²) in [5.41, 5.74) is 0.192. The van der Waals surface area contributed by atoms with Crippen LogP contribution in [0, 0.1) is 0 Å². The number of amides is 1. The third-order valence-corrected chi connectivity index (χ3v) is 3.05. The van der Waals surface area contributed by atoms with Gasteiger partial charge in [-0.3, -0.25) is 0 Å². The van der Waals surface area contributed by atoms with Gasteiger partial charge in [-0.2, -0.15) is 0 Å². The van der Waals surface area contributed by atoms with E-state index in [1.165, 1.54) is 30.2 Å². The molecule has 5 nitrogen and oxygen atoms in total. The predicted molar refractivity (Wildman–Crippen MR) is 91.7 cm³/mol. The fraction of sp³-hybridized carbons (Fsp3) is 0.500. The molecule has 0 radical (unpaired) electrons. The molecule has 0 saturated heterocycles. The standard InChI is InChI=1S/C18H24F3NO4/c1-6-13-9-14(11-15(10-13)25-18(19,20)21)12-22(7-8-24-5)16(23)26-17(2,3)4/h6,9-11H,1,7-8,12H2,2-5H3. The summed E-state index contributed by atoms with van der Waals surface area (Å²) in [6, 6.07) is 4.07. The molecule has 0 aliphatic heterocycles. The van der Waals surface area contributed by atoms with Crippen molar-refractivity contribution >= 4 is 12.2 Å². The Bertz CT molecular complexity index is 624. The van der Waals surface area contributed by atoms with Crippen LogP contribution in [0.5, 0.6) is 5.75 Å². The summed E-state index contributed by atoms with van der Waals surface area (Å²) < 4.78 is 51.8. The van der Waals surface area contributed by atoms with Gasteiger partial charge in [0, 0.05) is 20.2 Å². The zero-order chi connectivity index (χ0) is 20.0. The second-order valence-electron chi connectivity index (χ2n) is 6.56. The van der Waals surface area contributed by atoms with Crippen LogP contribution in [-0.4, -0.2) is 43.2 Å². The van der Waals surface area contributed by atoms with Crippen molar-refractivity contribution < 1.29 is 32.2 Å². The maximum atomic E-state index is 12.5. The van der Waals surface area contributed by atoms with E-state index in [-0.39, 0.29) is 25.4 Å². The highest BCUT2D eigenvalue weighted by atomic mass is 19.4. The largest absolute Gasteiger partial charge is 0.573 e. The summed E-state index contributed by atoms with van der Waals surface area (Å²) in [4.78, 5) is 13.7. The van der Waals surface area contributed by atoms with Crippen molar-refractivity contribution in [2.24, 2.45) is 0 Å². The molecule has 0 bridgehead atoms. The molecule has 1 amide bonds. The number of nitrogens with zero attached hydrogens (tertiary/aromatic N) is 1. The van der Waals surface area contributed by atoms with Gasteiger partial charge in [0.05, 0.1) is 6.61 Å². The minimum absolute atomic E-state index is 0.0359. The van der Waals surface area contributed by atoms with Crippen molar-refractivity contribution in [1.82, 2.24) is 4.90 Å². The Hall–Kier alpha value is -2.22. The van der Waals surface area contributed by atoms with E-state index in [4.69, 9.17) is 9.47 Å². The van der Waals surface area contributed by atoms with Gasteiger partial charge in [0.15, 0.2) is 0 Å². The Morgan fingerprint density at radius 1 is 1.23 bits per heavy atom. The summed E-state index contributed by atoms with van der Waals surface area (Å²) in [7, 11) is 1.49. The van der Waals surface area contributed by atoms with Gasteiger partial charge in [-0.25, -0.2) is 4.79 Å². The molecule has 1 aromatic rings. The first kappa shape index (κ1) is 21.8. The van der Waals surface area contributed by atoms with E-state index in [9.17, 15) is 18.0 Å². The Kier molecular flexibility index (Phi) is 7.50. The summed E-state index contributed by atoms with van der Waals surface area (Å²) in [5.74, 6) is -0.374. The lowest BCUT2D eigenvalue weighted by molar-refractivity contribution is -0.274. The molecule has 1 rings (SSSR count). The van der Waals surface area contributed by atoms with Crippen LogP contribution in [0.1, 0.15) is 31.9 Å². The van der Waals surface area contributed by atoms with Gasteiger partial charge in [0.1, 0.15) is 11.4 Å². The highest BCUT2D eigenvalue weighted by Crippen LogP contribution is 2.26. The van der Waals surface area contributed by atoms with Crippen LogP contribution in [0.3, 0.4) is 0 Å². The third-order valence-electron chi connectivity index (χ3n) is 3.05. The van der Waals surface area contributed by atoms with E-state index in [1.807, 2.05) is 0 Å². The van der Waals surface area contributed by atoms with Crippen molar-refractivity contribution in [3.8, 4) is 5.75 Å². The SMILES string of the molecule is C=Cc1cc(CN(CCOC)C(=O)OC(C)(C)C)cc(OC(F)(F)F)c1. The van der Waals surface area contributed by atoms with E-state index < -0.39 is 18.1 Å². The monoisotopic (exact) mass is 375 g/mol. The number of carbonyl (C=O) groups excluding carboxylic acids is 1. The first-order valence-corrected chi connectivity index (χ1v) is 7.92. The number of hydrogen-bond acceptors (Lipinski definition) is 4. The molecule has 0 aromatic heterocycles. The highest BCUT2D eigenvalue weighted by Gasteiger charge is 2.31. The molecule has 146 valence electrons. The molecule has 0 aliphatic rings. The Morgan fingerprint density at radius 3 is 2.38 bits per heavy atom. The molecule has 0 fully saturated rings. The minimum atomic E-state index is -4.81. The molecule has 0 aliphatic carbocycles. The number of benzene rings is 1. The molecule has 0 unspecified atom stereocenters. The van der Waals surface area contributed by atoms with Crippen LogP contribution < -0.4 is 4.74 Å². The van der Waals surface area contributed by atoms with Crippen LogP contribution in [0.15, 0.2) is 24.8 Å². The van der Waals surface area contributed by atoms with Gasteiger partial charge >= 0.3 is 12.5 Å². The molecule has 0 N–H and O–H groups in total. The normalized spacial score (nSPS) is 11.8. The predicted octanol–water partition coefficient (Wildman–Crippen LogP) is 4.61. The molecular weight excluding hydrogens is 351 g/mol. The molecule has 0 heterocycles. The van der Waals surface area contributed by atoms with Gasteiger partial charge in [-0.15, -0.1) is 13.2 Å². The minimum Gasteiger partial charge on any atom is -0.444 e. The second kappa shape index (κ2) is 8.93. The number of ether oxygens (including phenoxy) is 3. The van der Waals surface area contributed by atoms with E-state index in [2.05, 4.69) is 11.3 Å². The molecule has 1 aromatic carbocycles. The second-order valence-corrected chi connectivity index (χ2v) is 6.56. The summed E-state index contributed by atoms with van der Waals surface area (Å²) in [6.07, 6.45) is -3.99. The van der Waals surface area contributed by atoms with Crippen molar-refractivity contribution in [3.05, 3.63) is 35.9 Å². The van der Waals surface area contributed by atoms with E-state index in [0.29, 0.717) is 11.1 Å². The number of alkyl halides is 3. The number of carbonyl (C=O) groups is 1. The molecular formula is C18H24F3NO4. The molecule has 26 heavy (non-hydrogen) atoms. The van der Waals surface area contributed by atoms with Crippen LogP contribution in [-0.2, 0) is 16.0 Å². The summed E-state index contributed by atoms with van der Waals surface area (Å²) >= 11 is 0. The number of hydrogen-bond donors (Lipinski definition) is 0. The molecule has 0 atom stereocenters. The van der Waals surface area contributed by atoms with Crippen molar-refractivity contribution in [1.29, 1.82) is 0 Å². The average molecular weight is 375 g/mol. The quantitative estimate of drug-likeness (QED) is 0.698. The summed E-state index contributed by atoms with van der Waals surface area (Å²) in [5, 5.41) is 0. The lowest BCUT2D eigenvalue weighted by atomic mass is 10.1. The molecule has 0 spiro atoms. The third kappa shape index (κ3) is 8.24. The maximum Gasteiger partial charge on any atom is 0.573 e. The Balaban J connectivity index is 3.06. The van der Waals surface area contributed by atoms with Gasteiger partial charge in [-0.05, 0) is 50.1 Å². The molecule has 8 heteroatoms. The fourth-order valence-electron chi connectivity index (χ4n) is 2.07. The fourth-order valence-corrected chi connectivity index (χ4v) is 2.07. The Labute approximate surface area is 151 Å². The van der Waals surface area contributed by atoms with E-state index in [1.54, 1.807) is 26.8 Å². The molecule has 0 saturated carbocycles. The zero-order valence-corrected chi connectivity index (χ0v) is 15.4. The smallest absolute Gasteiger partial charge is 0.444 e. The van der Waals surface area contributed by atoms with Crippen LogP contribution in [0.25, 0.3) is 6.08 Å². The van der Waals surface area contributed by atoms with Crippen molar-refractivity contribution in [3.63, 3.8) is 0 Å². The Morgan fingerprint density at radius 2 is 1.88 bits per heavy atom. The van der Waals surface area contributed by atoms with E-state index in [0.717, 1.165) is 0 Å². The van der Waals surface area contributed by atoms with Gasteiger partial charge < -0.3 is 19.1 Å².